The summed E-state index contributed by atoms with van der Waals surface area (Å²) in [5.41, 5.74) is 2.61. The summed E-state index contributed by atoms with van der Waals surface area (Å²) in [4.78, 5) is 42.7. The van der Waals surface area contributed by atoms with Crippen LogP contribution in [0.5, 0.6) is 0 Å². The number of nitrogens with one attached hydrogen (secondary N) is 1. The molecule has 0 unspecified atom stereocenters. The molecule has 3 aromatic rings. The first kappa shape index (κ1) is 20.2. The van der Waals surface area contributed by atoms with Gasteiger partial charge in [0.25, 0.3) is 18.3 Å². The van der Waals surface area contributed by atoms with Gasteiger partial charge in [-0.2, -0.15) is 15.4 Å². The van der Waals surface area contributed by atoms with Crippen molar-refractivity contribution in [3.8, 4) is 0 Å². The summed E-state index contributed by atoms with van der Waals surface area (Å²) >= 11 is 0. The van der Waals surface area contributed by atoms with Gasteiger partial charge in [0, 0.05) is 55.8 Å². The molecule has 11 nitrogen and oxygen atoms in total. The van der Waals surface area contributed by atoms with Crippen LogP contribution in [0.2, 0.25) is 0 Å². The molecule has 0 aliphatic carbocycles. The first-order valence-electron chi connectivity index (χ1n) is 10.5. The number of aryl methyl sites for hydroxylation is 1. The van der Waals surface area contributed by atoms with Gasteiger partial charge in [0.15, 0.2) is 0 Å². The largest absolute Gasteiger partial charge is 0.483 e. The first-order valence-corrected chi connectivity index (χ1v) is 10.5. The Morgan fingerprint density at radius 2 is 1.75 bits per heavy atom. The Balaban J connectivity index is 0.000000684. The molecule has 166 valence electrons. The van der Waals surface area contributed by atoms with E-state index in [1.165, 1.54) is 0 Å². The Hall–Kier alpha value is -3.76. The third kappa shape index (κ3) is 3.12. The van der Waals surface area contributed by atoms with Crippen LogP contribution in [-0.4, -0.2) is 83.3 Å². The summed E-state index contributed by atoms with van der Waals surface area (Å²) in [6.07, 6.45) is 5.44. The Morgan fingerprint density at radius 1 is 1.09 bits per heavy atom. The van der Waals surface area contributed by atoms with E-state index < -0.39 is 0 Å². The maximum atomic E-state index is 13.3. The van der Waals surface area contributed by atoms with Crippen molar-refractivity contribution < 1.29 is 19.5 Å². The zero-order valence-corrected chi connectivity index (χ0v) is 17.5. The van der Waals surface area contributed by atoms with Crippen molar-refractivity contribution in [1.82, 2.24) is 34.8 Å². The number of rotatable bonds is 2. The van der Waals surface area contributed by atoms with Gasteiger partial charge in [0.1, 0.15) is 16.7 Å². The monoisotopic (exact) mass is 437 g/mol. The van der Waals surface area contributed by atoms with Gasteiger partial charge in [0.05, 0.1) is 6.33 Å². The van der Waals surface area contributed by atoms with Gasteiger partial charge < -0.3 is 19.5 Å². The number of imidazole rings is 1. The van der Waals surface area contributed by atoms with Crippen LogP contribution in [0.3, 0.4) is 0 Å². The van der Waals surface area contributed by atoms with Gasteiger partial charge in [-0.3, -0.25) is 14.4 Å². The highest BCUT2D eigenvalue weighted by molar-refractivity contribution is 5.98. The number of carbonyl (C=O) groups is 3. The summed E-state index contributed by atoms with van der Waals surface area (Å²) in [5, 5.41) is 17.6. The fourth-order valence-corrected chi connectivity index (χ4v) is 5.65. The number of hydrogen-bond acceptors (Lipinski definition) is 6. The van der Waals surface area contributed by atoms with Crippen LogP contribution >= 0.6 is 0 Å². The minimum atomic E-state index is -0.250. The summed E-state index contributed by atoms with van der Waals surface area (Å²) in [7, 11) is 1.86. The van der Waals surface area contributed by atoms with Crippen molar-refractivity contribution in [2.45, 2.75) is 24.9 Å². The lowest BCUT2D eigenvalue weighted by Gasteiger charge is -2.27. The quantitative estimate of drug-likeness (QED) is 0.565. The number of benzene rings is 1. The highest BCUT2D eigenvalue weighted by Crippen LogP contribution is 2.50. The Morgan fingerprint density at radius 3 is 2.38 bits per heavy atom. The lowest BCUT2D eigenvalue weighted by molar-refractivity contribution is -0.122. The van der Waals surface area contributed by atoms with Gasteiger partial charge in [0.2, 0.25) is 0 Å². The number of aromatic amines is 1. The van der Waals surface area contributed by atoms with E-state index in [1.54, 1.807) is 17.1 Å². The topological polar surface area (TPSA) is 137 Å². The van der Waals surface area contributed by atoms with Crippen molar-refractivity contribution in [2.24, 2.45) is 18.9 Å². The maximum Gasteiger partial charge on any atom is 0.290 e. The molecule has 6 rings (SSSR count). The second kappa shape index (κ2) is 7.74. The number of amides is 2. The summed E-state index contributed by atoms with van der Waals surface area (Å²) in [6, 6.07) is 5.88. The summed E-state index contributed by atoms with van der Waals surface area (Å²) in [6.45, 7) is 1.15. The van der Waals surface area contributed by atoms with E-state index >= 15 is 0 Å². The number of likely N-dealkylation sites (tertiary alicyclic amines) is 1. The van der Waals surface area contributed by atoms with E-state index in [4.69, 9.17) is 9.90 Å². The van der Waals surface area contributed by atoms with Gasteiger partial charge in [-0.05, 0) is 31.0 Å². The van der Waals surface area contributed by atoms with Crippen LogP contribution < -0.4 is 0 Å². The predicted octanol–water partition coefficient (Wildman–Crippen LogP) is 0.767. The molecule has 3 saturated heterocycles. The maximum absolute atomic E-state index is 13.3. The van der Waals surface area contributed by atoms with E-state index in [1.807, 2.05) is 30.1 Å². The molecule has 2 amide bonds. The van der Waals surface area contributed by atoms with Crippen LogP contribution in [0.1, 0.15) is 33.7 Å². The Labute approximate surface area is 183 Å². The summed E-state index contributed by atoms with van der Waals surface area (Å²) in [5.74, 6) is 0.760. The van der Waals surface area contributed by atoms with Gasteiger partial charge >= 0.3 is 0 Å². The van der Waals surface area contributed by atoms with E-state index in [2.05, 4.69) is 25.3 Å². The fraction of sp³-hybridized carbons (Fsp3) is 0.429. The highest BCUT2D eigenvalue weighted by atomic mass is 16.3. The van der Waals surface area contributed by atoms with Crippen molar-refractivity contribution in [1.29, 1.82) is 0 Å². The number of nitrogens with zero attached hydrogens (tertiary/aromatic N) is 6. The molecule has 1 aromatic carbocycles. The average molecular weight is 437 g/mol. The molecular formula is C21H23N7O4. The smallest absolute Gasteiger partial charge is 0.290 e. The molecule has 11 heteroatoms. The third-order valence-corrected chi connectivity index (χ3v) is 6.88. The number of carboxylic acid groups (broad SMARTS) is 1. The van der Waals surface area contributed by atoms with Crippen LogP contribution in [0, 0.1) is 11.8 Å². The molecule has 3 aliphatic heterocycles. The highest BCUT2D eigenvalue weighted by Gasteiger charge is 2.58. The fourth-order valence-electron chi connectivity index (χ4n) is 5.65. The Kier molecular flexibility index (Phi) is 4.87. The molecule has 2 bridgehead atoms. The van der Waals surface area contributed by atoms with Crippen molar-refractivity contribution in [3.63, 3.8) is 0 Å². The minimum absolute atomic E-state index is 0.00578. The molecule has 3 fully saturated rings. The van der Waals surface area contributed by atoms with E-state index in [0.717, 1.165) is 18.4 Å². The van der Waals surface area contributed by atoms with Crippen molar-refractivity contribution >= 4 is 29.3 Å². The molecule has 4 atom stereocenters. The molecule has 2 N–H and O–H groups in total. The normalized spacial score (nSPS) is 25.5. The van der Waals surface area contributed by atoms with Crippen LogP contribution in [0.25, 0.3) is 11.0 Å². The molecule has 0 radical (unpaired) electrons. The molecule has 2 aromatic heterocycles. The average Bonchev–Trinajstić information content (AvgIpc) is 3.59. The molecular weight excluding hydrogens is 414 g/mol. The zero-order valence-electron chi connectivity index (χ0n) is 17.5. The number of aromatic nitrogens is 5. The lowest BCUT2D eigenvalue weighted by atomic mass is 9.82. The molecule has 3 aliphatic rings. The molecule has 32 heavy (non-hydrogen) atoms. The second-order valence-electron chi connectivity index (χ2n) is 8.52. The van der Waals surface area contributed by atoms with Crippen LogP contribution in [0.4, 0.5) is 0 Å². The SMILES string of the molecule is Cn1cnc(C(=O)N2C[C@@H]3[C@H](C2)[C@@H]2CC[C@H]3N2C(=O)c2ccc3n[nH]nc3c2)c1.O=CO. The number of hydrogen-bond donors (Lipinski definition) is 2. The number of H-pyrrole nitrogens is 1. The van der Waals surface area contributed by atoms with Gasteiger partial charge in [-0.25, -0.2) is 4.98 Å². The predicted molar refractivity (Wildman–Crippen MR) is 112 cm³/mol. The van der Waals surface area contributed by atoms with E-state index in [9.17, 15) is 9.59 Å². The van der Waals surface area contributed by atoms with E-state index in [0.29, 0.717) is 41.7 Å². The van der Waals surface area contributed by atoms with Crippen LogP contribution in [-0.2, 0) is 11.8 Å². The van der Waals surface area contributed by atoms with Crippen molar-refractivity contribution in [2.75, 3.05) is 13.1 Å². The lowest BCUT2D eigenvalue weighted by Crippen LogP contribution is -2.41. The van der Waals surface area contributed by atoms with Crippen molar-refractivity contribution in [3.05, 3.63) is 42.0 Å². The molecule has 0 saturated carbocycles. The van der Waals surface area contributed by atoms with E-state index in [-0.39, 0.29) is 30.4 Å². The molecule has 5 heterocycles. The van der Waals surface area contributed by atoms with Gasteiger partial charge in [-0.15, -0.1) is 0 Å². The molecule has 0 spiro atoms. The van der Waals surface area contributed by atoms with Crippen LogP contribution in [0.15, 0.2) is 30.7 Å². The second-order valence-corrected chi connectivity index (χ2v) is 8.52. The number of carbonyl (C=O) groups excluding carboxylic acids is 2. The summed E-state index contributed by atoms with van der Waals surface area (Å²) < 4.78 is 1.79. The minimum Gasteiger partial charge on any atom is -0.483 e. The first-order chi connectivity index (χ1) is 15.5. The number of fused-ring (bicyclic) bond motifs is 6. The van der Waals surface area contributed by atoms with Gasteiger partial charge in [-0.1, -0.05) is 0 Å². The zero-order chi connectivity index (χ0) is 22.4. The Bertz CT molecular complexity index is 1170. The third-order valence-electron chi connectivity index (χ3n) is 6.88. The standard InChI is InChI=1S/C20H21N7O2.CH2O2/c1-25-9-16(21-10-25)20(29)26-7-12-13(8-26)18-5-4-17(12)27(18)19(28)11-2-3-14-15(6-11)23-24-22-14;2-1-3/h2-3,6,9-10,12-13,17-18H,4-5,7-8H2,1H3,(H,22,23,24);1H,(H,2,3)/t12-,13+,17-,18+;.